The smallest absolute Gasteiger partial charge is 0.134 e. The quantitative estimate of drug-likeness (QED) is 0.695. The topological polar surface area (TPSA) is 27.2 Å². The molecule has 0 unspecified atom stereocenters. The second kappa shape index (κ2) is 3.70. The maximum atomic E-state index is 5.87. The molecule has 15 heavy (non-hydrogen) atoms. The predicted molar refractivity (Wildman–Crippen MR) is 60.1 cm³/mol. The van der Waals surface area contributed by atoms with Crippen LogP contribution < -0.4 is 5.32 Å². The van der Waals surface area contributed by atoms with E-state index in [-0.39, 0.29) is 0 Å². The maximum Gasteiger partial charge on any atom is 0.134 e. The minimum Gasteiger partial charge on any atom is -0.461 e. The Labute approximate surface area is 89.3 Å². The van der Waals surface area contributed by atoms with Crippen LogP contribution in [0.5, 0.6) is 0 Å². The van der Waals surface area contributed by atoms with E-state index in [0.717, 1.165) is 37.3 Å². The number of piperidine rings is 1. The molecule has 3 rings (SSSR count). The van der Waals surface area contributed by atoms with E-state index in [0.29, 0.717) is 5.92 Å². The average Bonchev–Trinajstić information content (AvgIpc) is 2.74. The molecule has 1 aromatic heterocycles. The summed E-state index contributed by atoms with van der Waals surface area (Å²) in [6, 6.07) is 10.4. The van der Waals surface area contributed by atoms with Gasteiger partial charge in [0.15, 0.2) is 0 Å². The second-order valence-corrected chi connectivity index (χ2v) is 4.13. The molecule has 0 N–H and O–H groups in total. The fraction of sp³-hybridized carbons (Fsp3) is 0.385. The van der Waals surface area contributed by atoms with Crippen molar-refractivity contribution in [2.24, 2.45) is 0 Å². The van der Waals surface area contributed by atoms with Gasteiger partial charge in [-0.25, -0.2) is 5.32 Å². The SMILES string of the molecule is c1ccc2oc(C3CC[N]CC3)cc2c1. The van der Waals surface area contributed by atoms with Gasteiger partial charge in [0.1, 0.15) is 11.3 Å². The zero-order valence-corrected chi connectivity index (χ0v) is 8.65. The van der Waals surface area contributed by atoms with Gasteiger partial charge in [-0.15, -0.1) is 0 Å². The molecule has 77 valence electrons. The summed E-state index contributed by atoms with van der Waals surface area (Å²) in [5.74, 6) is 1.72. The van der Waals surface area contributed by atoms with Gasteiger partial charge in [-0.1, -0.05) is 18.2 Å². The van der Waals surface area contributed by atoms with Crippen molar-refractivity contribution in [3.8, 4) is 0 Å². The molecule has 0 amide bonds. The summed E-state index contributed by atoms with van der Waals surface area (Å²) >= 11 is 0. The van der Waals surface area contributed by atoms with Crippen molar-refractivity contribution in [1.82, 2.24) is 5.32 Å². The van der Waals surface area contributed by atoms with Crippen LogP contribution in [0.2, 0.25) is 0 Å². The van der Waals surface area contributed by atoms with Gasteiger partial charge >= 0.3 is 0 Å². The molecule has 1 aliphatic rings. The van der Waals surface area contributed by atoms with E-state index < -0.39 is 0 Å². The molecular weight excluding hydrogens is 186 g/mol. The van der Waals surface area contributed by atoms with Gasteiger partial charge in [-0.05, 0) is 25.0 Å². The van der Waals surface area contributed by atoms with E-state index in [4.69, 9.17) is 4.42 Å². The number of nitrogens with zero attached hydrogens (tertiary/aromatic N) is 1. The van der Waals surface area contributed by atoms with E-state index in [2.05, 4.69) is 23.5 Å². The third-order valence-electron chi connectivity index (χ3n) is 3.12. The van der Waals surface area contributed by atoms with Crippen LogP contribution in [-0.4, -0.2) is 13.1 Å². The molecule has 0 spiro atoms. The van der Waals surface area contributed by atoms with Gasteiger partial charge in [0.2, 0.25) is 0 Å². The number of hydrogen-bond donors (Lipinski definition) is 0. The van der Waals surface area contributed by atoms with Gasteiger partial charge in [0.05, 0.1) is 0 Å². The third kappa shape index (κ3) is 1.65. The summed E-state index contributed by atoms with van der Waals surface area (Å²) in [5.41, 5.74) is 1.01. The summed E-state index contributed by atoms with van der Waals surface area (Å²) in [6.07, 6.45) is 2.28. The highest BCUT2D eigenvalue weighted by atomic mass is 16.3. The Morgan fingerprint density at radius 2 is 1.93 bits per heavy atom. The van der Waals surface area contributed by atoms with E-state index in [1.54, 1.807) is 0 Å². The van der Waals surface area contributed by atoms with Gasteiger partial charge in [0.25, 0.3) is 0 Å². The molecule has 2 heterocycles. The molecular formula is C13H14NO. The highest BCUT2D eigenvalue weighted by molar-refractivity contribution is 5.77. The first-order chi connectivity index (χ1) is 7.43. The molecule has 2 heteroatoms. The Balaban J connectivity index is 1.96. The number of benzene rings is 1. The molecule has 1 saturated heterocycles. The van der Waals surface area contributed by atoms with Gasteiger partial charge < -0.3 is 4.42 Å². The molecule has 0 bridgehead atoms. The number of furan rings is 1. The Kier molecular flexibility index (Phi) is 2.22. The number of para-hydroxylation sites is 1. The molecule has 2 nitrogen and oxygen atoms in total. The van der Waals surface area contributed by atoms with Crippen LogP contribution in [0.15, 0.2) is 34.7 Å². The summed E-state index contributed by atoms with van der Waals surface area (Å²) in [5, 5.41) is 5.58. The minimum atomic E-state index is 0.579. The zero-order valence-electron chi connectivity index (χ0n) is 8.65. The Hall–Kier alpha value is -1.28. The van der Waals surface area contributed by atoms with Crippen LogP contribution in [0.4, 0.5) is 0 Å². The monoisotopic (exact) mass is 200 g/mol. The Bertz CT molecular complexity index is 421. The highest BCUT2D eigenvalue weighted by Crippen LogP contribution is 2.30. The van der Waals surface area contributed by atoms with E-state index in [1.807, 2.05) is 12.1 Å². The summed E-state index contributed by atoms with van der Waals surface area (Å²) in [6.45, 7) is 1.98. The van der Waals surface area contributed by atoms with Gasteiger partial charge in [-0.3, -0.25) is 0 Å². The van der Waals surface area contributed by atoms with Crippen molar-refractivity contribution in [1.29, 1.82) is 0 Å². The van der Waals surface area contributed by atoms with Crippen molar-refractivity contribution in [3.05, 3.63) is 36.1 Å². The van der Waals surface area contributed by atoms with E-state index in [9.17, 15) is 0 Å². The van der Waals surface area contributed by atoms with Crippen molar-refractivity contribution in [2.45, 2.75) is 18.8 Å². The Morgan fingerprint density at radius 1 is 1.13 bits per heavy atom. The van der Waals surface area contributed by atoms with Crippen molar-refractivity contribution in [2.75, 3.05) is 13.1 Å². The number of fused-ring (bicyclic) bond motifs is 1. The van der Waals surface area contributed by atoms with Crippen LogP contribution >= 0.6 is 0 Å². The second-order valence-electron chi connectivity index (χ2n) is 4.13. The average molecular weight is 200 g/mol. The lowest BCUT2D eigenvalue weighted by molar-refractivity contribution is 0.393. The van der Waals surface area contributed by atoms with Crippen molar-refractivity contribution < 1.29 is 4.42 Å². The first-order valence-electron chi connectivity index (χ1n) is 5.55. The van der Waals surface area contributed by atoms with Gasteiger partial charge in [-0.2, -0.15) is 0 Å². The predicted octanol–water partition coefficient (Wildman–Crippen LogP) is 2.91. The van der Waals surface area contributed by atoms with Crippen LogP contribution in [0, 0.1) is 0 Å². The van der Waals surface area contributed by atoms with Crippen molar-refractivity contribution >= 4 is 11.0 Å². The minimum absolute atomic E-state index is 0.579. The van der Waals surface area contributed by atoms with E-state index >= 15 is 0 Å². The molecule has 1 fully saturated rings. The van der Waals surface area contributed by atoms with Gasteiger partial charge in [0, 0.05) is 24.4 Å². The molecule has 0 saturated carbocycles. The Morgan fingerprint density at radius 3 is 2.73 bits per heavy atom. The third-order valence-corrected chi connectivity index (χ3v) is 3.12. The number of hydrogen-bond acceptors (Lipinski definition) is 1. The summed E-state index contributed by atoms with van der Waals surface area (Å²) in [4.78, 5) is 0. The molecule has 2 aromatic rings. The summed E-state index contributed by atoms with van der Waals surface area (Å²) in [7, 11) is 0. The van der Waals surface area contributed by atoms with Crippen molar-refractivity contribution in [3.63, 3.8) is 0 Å². The number of rotatable bonds is 1. The van der Waals surface area contributed by atoms with Crippen LogP contribution in [-0.2, 0) is 0 Å². The maximum absolute atomic E-state index is 5.87. The summed E-state index contributed by atoms with van der Waals surface area (Å²) < 4.78 is 5.87. The first kappa shape index (κ1) is 8.98. The molecule has 1 aromatic carbocycles. The van der Waals surface area contributed by atoms with Crippen LogP contribution in [0.25, 0.3) is 11.0 Å². The van der Waals surface area contributed by atoms with Crippen LogP contribution in [0.1, 0.15) is 24.5 Å². The normalized spacial score (nSPS) is 18.4. The fourth-order valence-electron chi connectivity index (χ4n) is 2.24. The largest absolute Gasteiger partial charge is 0.461 e. The molecule has 1 aliphatic heterocycles. The lowest BCUT2D eigenvalue weighted by Gasteiger charge is -2.18. The van der Waals surface area contributed by atoms with Crippen LogP contribution in [0.3, 0.4) is 0 Å². The molecule has 0 aliphatic carbocycles. The zero-order chi connectivity index (χ0) is 10.1. The lowest BCUT2D eigenvalue weighted by atomic mass is 9.95. The lowest BCUT2D eigenvalue weighted by Crippen LogP contribution is -2.20. The van der Waals surface area contributed by atoms with E-state index in [1.165, 1.54) is 5.39 Å². The highest BCUT2D eigenvalue weighted by Gasteiger charge is 2.19. The molecule has 1 radical (unpaired) electrons. The fourth-order valence-corrected chi connectivity index (χ4v) is 2.24. The first-order valence-corrected chi connectivity index (χ1v) is 5.55. The molecule has 0 atom stereocenters. The standard InChI is InChI=1S/C13H14NO/c1-2-4-12-11(3-1)9-13(15-12)10-5-7-14-8-6-10/h1-4,9-10H,5-8H2.